The van der Waals surface area contributed by atoms with Crippen molar-refractivity contribution in [3.8, 4) is 5.75 Å². The maximum absolute atomic E-state index is 13.3. The lowest BCUT2D eigenvalue weighted by molar-refractivity contribution is -0.140. The van der Waals surface area contributed by atoms with E-state index in [1.807, 2.05) is 6.92 Å². The predicted octanol–water partition coefficient (Wildman–Crippen LogP) is 4.42. The Balaban J connectivity index is 2.04. The molecule has 1 heterocycles. The zero-order valence-corrected chi connectivity index (χ0v) is 22.0. The monoisotopic (exact) mass is 508 g/mol. The Bertz CT molecular complexity index is 1140. The summed E-state index contributed by atoms with van der Waals surface area (Å²) in [7, 11) is 1.30. The SMILES string of the molecule is CCCOc1cccc(/C(O)=C2\C(=O)C(=O)N(CCCN(CC)CC)C2c2ccc(C(=O)OC)cc2)c1. The van der Waals surface area contributed by atoms with E-state index < -0.39 is 23.7 Å². The molecule has 198 valence electrons. The summed E-state index contributed by atoms with van der Waals surface area (Å²) in [6.45, 7) is 9.59. The molecule has 8 nitrogen and oxygen atoms in total. The third-order valence-electron chi connectivity index (χ3n) is 6.54. The number of benzene rings is 2. The molecule has 1 fully saturated rings. The van der Waals surface area contributed by atoms with Crippen LogP contribution in [0, 0.1) is 0 Å². The van der Waals surface area contributed by atoms with Gasteiger partial charge in [-0.05, 0) is 62.3 Å². The second kappa shape index (κ2) is 13.1. The smallest absolute Gasteiger partial charge is 0.337 e. The van der Waals surface area contributed by atoms with Crippen LogP contribution < -0.4 is 4.74 Å². The third-order valence-corrected chi connectivity index (χ3v) is 6.54. The average Bonchev–Trinajstić information content (AvgIpc) is 3.18. The standard InChI is InChI=1S/C29H36N2O6/c1-5-18-37-23-11-8-10-22(19-23)26(32)24-25(20-12-14-21(15-13-20)29(35)36-4)31(28(34)27(24)33)17-9-16-30(6-2)7-3/h8,10-15,19,25,32H,5-7,9,16-18H2,1-4H3/b26-24+. The highest BCUT2D eigenvalue weighted by Gasteiger charge is 2.45. The number of aliphatic hydroxyl groups is 1. The van der Waals surface area contributed by atoms with Crippen LogP contribution in [0.4, 0.5) is 0 Å². The van der Waals surface area contributed by atoms with Crippen LogP contribution in [-0.4, -0.2) is 72.5 Å². The van der Waals surface area contributed by atoms with Gasteiger partial charge in [-0.3, -0.25) is 9.59 Å². The highest BCUT2D eigenvalue weighted by Crippen LogP contribution is 2.40. The summed E-state index contributed by atoms with van der Waals surface area (Å²) in [6.07, 6.45) is 1.50. The van der Waals surface area contributed by atoms with Crippen LogP contribution in [0.25, 0.3) is 5.76 Å². The molecule has 1 aliphatic rings. The number of ketones is 1. The molecular weight excluding hydrogens is 472 g/mol. The van der Waals surface area contributed by atoms with Crippen molar-refractivity contribution in [2.45, 2.75) is 39.7 Å². The Hall–Kier alpha value is -3.65. The number of aliphatic hydroxyl groups excluding tert-OH is 1. The Morgan fingerprint density at radius 1 is 1.03 bits per heavy atom. The van der Waals surface area contributed by atoms with Crippen molar-refractivity contribution in [3.05, 3.63) is 70.8 Å². The quantitative estimate of drug-likeness (QED) is 0.196. The Kier molecular flexibility index (Phi) is 9.85. The van der Waals surface area contributed by atoms with Gasteiger partial charge in [-0.25, -0.2) is 4.79 Å². The normalized spacial score (nSPS) is 16.9. The van der Waals surface area contributed by atoms with Gasteiger partial charge in [-0.1, -0.05) is 45.0 Å². The van der Waals surface area contributed by atoms with Crippen molar-refractivity contribution in [3.63, 3.8) is 0 Å². The molecule has 0 spiro atoms. The fraction of sp³-hybridized carbons (Fsp3) is 0.414. The van der Waals surface area contributed by atoms with Crippen LogP contribution in [0.1, 0.15) is 61.1 Å². The highest BCUT2D eigenvalue weighted by molar-refractivity contribution is 6.46. The summed E-state index contributed by atoms with van der Waals surface area (Å²) in [4.78, 5) is 42.2. The topological polar surface area (TPSA) is 96.4 Å². The summed E-state index contributed by atoms with van der Waals surface area (Å²) in [5, 5.41) is 11.3. The van der Waals surface area contributed by atoms with E-state index in [-0.39, 0.29) is 11.3 Å². The van der Waals surface area contributed by atoms with Gasteiger partial charge in [-0.2, -0.15) is 0 Å². The molecule has 37 heavy (non-hydrogen) atoms. The minimum absolute atomic E-state index is 0.0197. The van der Waals surface area contributed by atoms with Crippen molar-refractivity contribution in [2.75, 3.05) is 39.9 Å². The molecule has 1 amide bonds. The molecule has 0 radical (unpaired) electrons. The van der Waals surface area contributed by atoms with E-state index in [1.165, 1.54) is 12.0 Å². The number of hydrogen-bond acceptors (Lipinski definition) is 7. The van der Waals surface area contributed by atoms with E-state index in [0.29, 0.717) is 42.0 Å². The predicted molar refractivity (Wildman–Crippen MR) is 141 cm³/mol. The number of Topliss-reactive ketones (excluding diaryl/α,β-unsaturated/α-hetero) is 1. The molecule has 0 bridgehead atoms. The number of nitrogens with zero attached hydrogens (tertiary/aromatic N) is 2. The van der Waals surface area contributed by atoms with Gasteiger partial charge in [0.2, 0.25) is 0 Å². The number of methoxy groups -OCH3 is 1. The fourth-order valence-electron chi connectivity index (χ4n) is 4.49. The maximum Gasteiger partial charge on any atom is 0.337 e. The van der Waals surface area contributed by atoms with E-state index in [0.717, 1.165) is 26.1 Å². The van der Waals surface area contributed by atoms with Crippen molar-refractivity contribution in [2.24, 2.45) is 0 Å². The molecular formula is C29H36N2O6. The summed E-state index contributed by atoms with van der Waals surface area (Å²) >= 11 is 0. The Morgan fingerprint density at radius 3 is 2.35 bits per heavy atom. The number of carbonyl (C=O) groups excluding carboxylic acids is 3. The van der Waals surface area contributed by atoms with Crippen molar-refractivity contribution >= 4 is 23.4 Å². The van der Waals surface area contributed by atoms with Gasteiger partial charge >= 0.3 is 5.97 Å². The van der Waals surface area contributed by atoms with Crippen molar-refractivity contribution in [1.29, 1.82) is 0 Å². The molecule has 0 aliphatic carbocycles. The van der Waals surface area contributed by atoms with Gasteiger partial charge < -0.3 is 24.4 Å². The zero-order valence-electron chi connectivity index (χ0n) is 22.0. The molecule has 2 aromatic carbocycles. The van der Waals surface area contributed by atoms with E-state index in [1.54, 1.807) is 48.5 Å². The van der Waals surface area contributed by atoms with Crippen LogP contribution in [-0.2, 0) is 14.3 Å². The number of hydrogen-bond donors (Lipinski definition) is 1. The van der Waals surface area contributed by atoms with Crippen molar-refractivity contribution in [1.82, 2.24) is 9.80 Å². The lowest BCUT2D eigenvalue weighted by Crippen LogP contribution is -2.33. The first-order chi connectivity index (χ1) is 17.9. The summed E-state index contributed by atoms with van der Waals surface area (Å²) in [5.41, 5.74) is 1.39. The summed E-state index contributed by atoms with van der Waals surface area (Å²) in [6, 6.07) is 12.6. The maximum atomic E-state index is 13.3. The molecule has 2 aromatic rings. The highest BCUT2D eigenvalue weighted by atomic mass is 16.5. The van der Waals surface area contributed by atoms with Gasteiger partial charge in [-0.15, -0.1) is 0 Å². The van der Waals surface area contributed by atoms with Gasteiger partial charge in [0.05, 0.1) is 30.9 Å². The van der Waals surface area contributed by atoms with Gasteiger partial charge in [0.15, 0.2) is 0 Å². The van der Waals surface area contributed by atoms with Crippen LogP contribution in [0.5, 0.6) is 5.75 Å². The van der Waals surface area contributed by atoms with Crippen molar-refractivity contribution < 1.29 is 29.0 Å². The molecule has 1 N–H and O–H groups in total. The van der Waals surface area contributed by atoms with E-state index >= 15 is 0 Å². The van der Waals surface area contributed by atoms with E-state index in [9.17, 15) is 19.5 Å². The van der Waals surface area contributed by atoms with E-state index in [4.69, 9.17) is 9.47 Å². The van der Waals surface area contributed by atoms with Crippen LogP contribution >= 0.6 is 0 Å². The Morgan fingerprint density at radius 2 is 1.73 bits per heavy atom. The molecule has 8 heteroatoms. The van der Waals surface area contributed by atoms with Gasteiger partial charge in [0, 0.05) is 12.1 Å². The molecule has 1 aliphatic heterocycles. The first kappa shape index (κ1) is 27.9. The summed E-state index contributed by atoms with van der Waals surface area (Å²) in [5.74, 6) is -1.56. The second-order valence-electron chi connectivity index (χ2n) is 8.86. The first-order valence-electron chi connectivity index (χ1n) is 12.8. The summed E-state index contributed by atoms with van der Waals surface area (Å²) < 4.78 is 10.5. The lowest BCUT2D eigenvalue weighted by atomic mass is 9.94. The van der Waals surface area contributed by atoms with Gasteiger partial charge in [0.1, 0.15) is 11.5 Å². The van der Waals surface area contributed by atoms with Crippen LogP contribution in [0.15, 0.2) is 54.1 Å². The second-order valence-corrected chi connectivity index (χ2v) is 8.86. The van der Waals surface area contributed by atoms with Crippen LogP contribution in [0.3, 0.4) is 0 Å². The molecule has 1 unspecified atom stereocenters. The third kappa shape index (κ3) is 6.38. The lowest BCUT2D eigenvalue weighted by Gasteiger charge is -2.27. The molecule has 0 saturated carbocycles. The van der Waals surface area contributed by atoms with Crippen LogP contribution in [0.2, 0.25) is 0 Å². The minimum Gasteiger partial charge on any atom is -0.507 e. The molecule has 1 saturated heterocycles. The first-order valence-corrected chi connectivity index (χ1v) is 12.8. The largest absolute Gasteiger partial charge is 0.507 e. The minimum atomic E-state index is -0.788. The molecule has 3 rings (SSSR count). The average molecular weight is 509 g/mol. The van der Waals surface area contributed by atoms with E-state index in [2.05, 4.69) is 18.7 Å². The Labute approximate surface area is 218 Å². The zero-order chi connectivity index (χ0) is 26.9. The number of carbonyl (C=O) groups is 3. The number of rotatable bonds is 12. The number of ether oxygens (including phenoxy) is 2. The number of amides is 1. The molecule has 1 atom stereocenters. The van der Waals surface area contributed by atoms with Gasteiger partial charge in [0.25, 0.3) is 11.7 Å². The number of esters is 1. The number of likely N-dealkylation sites (tertiary alicyclic amines) is 1. The molecule has 0 aromatic heterocycles. The fourth-order valence-corrected chi connectivity index (χ4v) is 4.49.